The highest BCUT2D eigenvalue weighted by Gasteiger charge is 2.28. The van der Waals surface area contributed by atoms with E-state index >= 15 is 0 Å². The average molecular weight is 388 g/mol. The second kappa shape index (κ2) is 8.57. The molecule has 1 N–H and O–H groups in total. The van der Waals surface area contributed by atoms with Crippen molar-refractivity contribution in [3.63, 3.8) is 0 Å². The van der Waals surface area contributed by atoms with Crippen molar-refractivity contribution in [2.24, 2.45) is 0 Å². The Hall–Kier alpha value is -2.34. The molecule has 2 aromatic rings. The normalized spacial score (nSPS) is 14.2. The first-order chi connectivity index (χ1) is 13.0. The van der Waals surface area contributed by atoms with E-state index in [1.807, 2.05) is 38.1 Å². The number of anilines is 1. The Morgan fingerprint density at radius 2 is 1.89 bits per heavy atom. The van der Waals surface area contributed by atoms with Crippen molar-refractivity contribution >= 4 is 28.2 Å². The van der Waals surface area contributed by atoms with Crippen LogP contribution < -0.4 is 10.1 Å². The van der Waals surface area contributed by atoms with Gasteiger partial charge in [-0.1, -0.05) is 24.6 Å². The van der Waals surface area contributed by atoms with Gasteiger partial charge in [-0.05, 0) is 56.7 Å². The van der Waals surface area contributed by atoms with Gasteiger partial charge in [0.2, 0.25) is 0 Å². The molecule has 3 rings (SSSR count). The molecule has 1 amide bonds. The number of nitrogens with one attached hydrogen (secondary N) is 1. The Morgan fingerprint density at radius 3 is 2.56 bits per heavy atom. The zero-order valence-corrected chi connectivity index (χ0v) is 16.8. The van der Waals surface area contributed by atoms with Crippen LogP contribution in [-0.2, 0) is 22.4 Å². The van der Waals surface area contributed by atoms with Crippen LogP contribution in [0.1, 0.15) is 52.5 Å². The molecule has 0 saturated carbocycles. The number of hydrogen-bond acceptors (Lipinski definition) is 5. The number of rotatable bonds is 6. The summed E-state index contributed by atoms with van der Waals surface area (Å²) < 4.78 is 10.8. The molecule has 5 nitrogen and oxygen atoms in total. The first kappa shape index (κ1) is 19.4. The van der Waals surface area contributed by atoms with Crippen LogP contribution in [0.3, 0.4) is 0 Å². The topological polar surface area (TPSA) is 64.6 Å². The number of ether oxygens (including phenoxy) is 2. The number of aryl methyl sites for hydroxylation is 2. The lowest BCUT2D eigenvalue weighted by atomic mass is 9.95. The largest absolute Gasteiger partial charge is 0.481 e. The van der Waals surface area contributed by atoms with Crippen LogP contribution in [0.5, 0.6) is 5.75 Å². The maximum absolute atomic E-state index is 12.8. The third kappa shape index (κ3) is 4.33. The van der Waals surface area contributed by atoms with E-state index in [1.54, 1.807) is 0 Å². The molecule has 0 fully saturated rings. The van der Waals surface area contributed by atoms with Gasteiger partial charge in [-0.25, -0.2) is 4.79 Å². The quantitative estimate of drug-likeness (QED) is 0.740. The molecule has 1 aliphatic rings. The molecule has 0 aliphatic heterocycles. The fourth-order valence-corrected chi connectivity index (χ4v) is 4.55. The van der Waals surface area contributed by atoms with Crippen LogP contribution in [0.4, 0.5) is 5.00 Å². The molecule has 0 unspecified atom stereocenters. The third-order valence-corrected chi connectivity index (χ3v) is 5.97. The van der Waals surface area contributed by atoms with E-state index < -0.39 is 12.1 Å². The lowest BCUT2D eigenvalue weighted by Crippen LogP contribution is -2.32. The van der Waals surface area contributed by atoms with Crippen molar-refractivity contribution in [2.75, 3.05) is 12.4 Å². The molecule has 0 saturated heterocycles. The van der Waals surface area contributed by atoms with Crippen LogP contribution in [0, 0.1) is 6.92 Å². The molecule has 27 heavy (non-hydrogen) atoms. The van der Waals surface area contributed by atoms with Crippen molar-refractivity contribution in [3.8, 4) is 5.75 Å². The van der Waals surface area contributed by atoms with Crippen LogP contribution in [0.2, 0.25) is 0 Å². The number of hydrogen-bond donors (Lipinski definition) is 1. The fourth-order valence-electron chi connectivity index (χ4n) is 3.27. The minimum atomic E-state index is -0.627. The van der Waals surface area contributed by atoms with Gasteiger partial charge in [-0.3, -0.25) is 4.79 Å². The second-order valence-corrected chi connectivity index (χ2v) is 7.83. The van der Waals surface area contributed by atoms with Gasteiger partial charge in [0, 0.05) is 4.88 Å². The Bertz CT molecular complexity index is 825. The van der Waals surface area contributed by atoms with Gasteiger partial charge < -0.3 is 14.8 Å². The SMILES string of the molecule is CC[C@@H](Oc1ccc(C)cc1)C(=O)Nc1sc2c(c1C(=O)OC)CCCC2. The van der Waals surface area contributed by atoms with Crippen molar-refractivity contribution in [2.45, 2.75) is 52.1 Å². The maximum Gasteiger partial charge on any atom is 0.341 e. The summed E-state index contributed by atoms with van der Waals surface area (Å²) in [5.41, 5.74) is 2.67. The molecule has 6 heteroatoms. The summed E-state index contributed by atoms with van der Waals surface area (Å²) in [5, 5.41) is 3.49. The van der Waals surface area contributed by atoms with Gasteiger partial charge >= 0.3 is 5.97 Å². The molecule has 1 aromatic heterocycles. The number of thiophene rings is 1. The monoisotopic (exact) mass is 387 g/mol. The van der Waals surface area contributed by atoms with E-state index in [-0.39, 0.29) is 5.91 Å². The van der Waals surface area contributed by atoms with E-state index in [0.29, 0.717) is 22.7 Å². The summed E-state index contributed by atoms with van der Waals surface area (Å²) in [5.74, 6) is 0.0142. The Morgan fingerprint density at radius 1 is 1.19 bits per heavy atom. The third-order valence-electron chi connectivity index (χ3n) is 4.76. The second-order valence-electron chi connectivity index (χ2n) is 6.72. The molecule has 1 heterocycles. The van der Waals surface area contributed by atoms with Gasteiger partial charge in [0.15, 0.2) is 6.10 Å². The summed E-state index contributed by atoms with van der Waals surface area (Å²) >= 11 is 1.48. The van der Waals surface area contributed by atoms with Gasteiger partial charge in [-0.15, -0.1) is 11.3 Å². The number of amides is 1. The van der Waals surface area contributed by atoms with E-state index in [0.717, 1.165) is 36.8 Å². The number of methoxy groups -OCH3 is 1. The van der Waals surface area contributed by atoms with E-state index in [1.165, 1.54) is 23.3 Å². The van der Waals surface area contributed by atoms with Crippen LogP contribution in [0.15, 0.2) is 24.3 Å². The van der Waals surface area contributed by atoms with E-state index in [2.05, 4.69) is 5.32 Å². The van der Waals surface area contributed by atoms with Crippen molar-refractivity contribution < 1.29 is 19.1 Å². The van der Waals surface area contributed by atoms with Gasteiger partial charge in [0.05, 0.1) is 12.7 Å². The Balaban J connectivity index is 1.80. The highest BCUT2D eigenvalue weighted by Crippen LogP contribution is 2.38. The van der Waals surface area contributed by atoms with Crippen LogP contribution >= 0.6 is 11.3 Å². The van der Waals surface area contributed by atoms with Crippen molar-refractivity contribution in [1.82, 2.24) is 0 Å². The smallest absolute Gasteiger partial charge is 0.341 e. The maximum atomic E-state index is 12.8. The predicted octanol–water partition coefficient (Wildman–Crippen LogP) is 4.52. The van der Waals surface area contributed by atoms with Crippen LogP contribution in [-0.4, -0.2) is 25.1 Å². The average Bonchev–Trinajstić information content (AvgIpc) is 3.04. The van der Waals surface area contributed by atoms with Gasteiger partial charge in [0.1, 0.15) is 10.8 Å². The number of carbonyl (C=O) groups is 2. The molecule has 1 atom stereocenters. The fraction of sp³-hybridized carbons (Fsp3) is 0.429. The molecule has 0 bridgehead atoms. The Kier molecular flexibility index (Phi) is 6.16. The predicted molar refractivity (Wildman–Crippen MR) is 107 cm³/mol. The zero-order valence-electron chi connectivity index (χ0n) is 16.0. The summed E-state index contributed by atoms with van der Waals surface area (Å²) in [7, 11) is 1.37. The number of fused-ring (bicyclic) bond motifs is 1. The molecular formula is C21H25NO4S. The first-order valence-electron chi connectivity index (χ1n) is 9.30. The zero-order chi connectivity index (χ0) is 19.4. The number of carbonyl (C=O) groups excluding carboxylic acids is 2. The molecular weight excluding hydrogens is 362 g/mol. The van der Waals surface area contributed by atoms with Crippen molar-refractivity contribution in [3.05, 3.63) is 45.8 Å². The van der Waals surface area contributed by atoms with Gasteiger partial charge in [-0.2, -0.15) is 0 Å². The lowest BCUT2D eigenvalue weighted by molar-refractivity contribution is -0.122. The highest BCUT2D eigenvalue weighted by atomic mass is 32.1. The number of benzene rings is 1. The minimum Gasteiger partial charge on any atom is -0.481 e. The van der Waals surface area contributed by atoms with E-state index in [4.69, 9.17) is 9.47 Å². The summed E-state index contributed by atoms with van der Waals surface area (Å²) in [6, 6.07) is 7.61. The highest BCUT2D eigenvalue weighted by molar-refractivity contribution is 7.17. The Labute approximate surface area is 163 Å². The molecule has 0 spiro atoms. The standard InChI is InChI=1S/C21H25NO4S/c1-4-16(26-14-11-9-13(2)10-12-14)19(23)22-20-18(21(24)25-3)15-7-5-6-8-17(15)27-20/h9-12,16H,4-8H2,1-3H3,(H,22,23)/t16-/m1/s1. The van der Waals surface area contributed by atoms with Crippen LogP contribution in [0.25, 0.3) is 0 Å². The lowest BCUT2D eigenvalue weighted by Gasteiger charge is -2.17. The summed E-state index contributed by atoms with van der Waals surface area (Å²) in [6.45, 7) is 3.90. The molecule has 1 aromatic carbocycles. The van der Waals surface area contributed by atoms with Gasteiger partial charge in [0.25, 0.3) is 5.91 Å². The molecule has 144 valence electrons. The molecule has 0 radical (unpaired) electrons. The number of esters is 1. The first-order valence-corrected chi connectivity index (χ1v) is 10.1. The molecule has 1 aliphatic carbocycles. The summed E-state index contributed by atoms with van der Waals surface area (Å²) in [6.07, 6.45) is 3.85. The van der Waals surface area contributed by atoms with E-state index in [9.17, 15) is 9.59 Å². The summed E-state index contributed by atoms with van der Waals surface area (Å²) in [4.78, 5) is 26.3. The minimum absolute atomic E-state index is 0.248. The van der Waals surface area contributed by atoms with Crippen molar-refractivity contribution in [1.29, 1.82) is 0 Å².